The van der Waals surface area contributed by atoms with Crippen molar-refractivity contribution in [1.82, 2.24) is 10.0 Å². The molecule has 0 radical (unpaired) electrons. The average molecular weight is 213 g/mol. The van der Waals surface area contributed by atoms with E-state index in [2.05, 4.69) is 0 Å². The Hall–Kier alpha value is -1.31. The summed E-state index contributed by atoms with van der Waals surface area (Å²) in [5.41, 5.74) is 4.02. The van der Waals surface area contributed by atoms with E-state index in [1.807, 2.05) is 0 Å². The van der Waals surface area contributed by atoms with Gasteiger partial charge in [-0.3, -0.25) is 9.80 Å². The summed E-state index contributed by atoms with van der Waals surface area (Å²) in [6.45, 7) is -0.888. The molecule has 1 aliphatic rings. The molecule has 8 heteroatoms. The van der Waals surface area contributed by atoms with Gasteiger partial charge >= 0.3 is 6.30 Å². The lowest BCUT2D eigenvalue weighted by molar-refractivity contribution is -0.294. The summed E-state index contributed by atoms with van der Waals surface area (Å²) in [4.78, 5) is 10.5. The molecule has 0 spiro atoms. The van der Waals surface area contributed by atoms with Crippen LogP contribution in [0.15, 0.2) is 11.5 Å². The van der Waals surface area contributed by atoms with Gasteiger partial charge in [0.15, 0.2) is 0 Å². The molecule has 0 aromatic heterocycles. The second-order valence-electron chi connectivity index (χ2n) is 2.68. The Morgan fingerprint density at radius 2 is 2.00 bits per heavy atom. The SMILES string of the molecule is CN1C(F)=C(C(N)=O)CN1C(F)(F)F. The highest BCUT2D eigenvalue weighted by atomic mass is 19.4. The first-order valence-electron chi connectivity index (χ1n) is 3.51. The molecule has 0 bridgehead atoms. The summed E-state index contributed by atoms with van der Waals surface area (Å²) in [5.74, 6) is -2.46. The topological polar surface area (TPSA) is 49.6 Å². The van der Waals surface area contributed by atoms with E-state index >= 15 is 0 Å². The number of carbonyl (C=O) groups is 1. The predicted octanol–water partition coefficient (Wildman–Crippen LogP) is 0.335. The Bertz CT molecular complexity index is 298. The van der Waals surface area contributed by atoms with E-state index in [4.69, 9.17) is 5.73 Å². The van der Waals surface area contributed by atoms with Gasteiger partial charge in [-0.1, -0.05) is 0 Å². The van der Waals surface area contributed by atoms with Crippen molar-refractivity contribution in [3.63, 3.8) is 0 Å². The minimum atomic E-state index is -4.73. The molecule has 14 heavy (non-hydrogen) atoms. The van der Waals surface area contributed by atoms with Crippen LogP contribution in [0.3, 0.4) is 0 Å². The van der Waals surface area contributed by atoms with Crippen LogP contribution in [-0.4, -0.2) is 35.8 Å². The van der Waals surface area contributed by atoms with Crippen LogP contribution in [0, 0.1) is 0 Å². The third kappa shape index (κ3) is 1.65. The van der Waals surface area contributed by atoms with Gasteiger partial charge in [-0.2, -0.15) is 17.6 Å². The maximum Gasteiger partial charge on any atom is 0.477 e. The summed E-state index contributed by atoms with van der Waals surface area (Å²) in [6, 6.07) is 0. The zero-order valence-corrected chi connectivity index (χ0v) is 7.10. The number of nitrogens with two attached hydrogens (primary N) is 1. The molecule has 1 aliphatic heterocycles. The van der Waals surface area contributed by atoms with Crippen molar-refractivity contribution in [3.05, 3.63) is 11.5 Å². The van der Waals surface area contributed by atoms with E-state index in [1.165, 1.54) is 0 Å². The van der Waals surface area contributed by atoms with Gasteiger partial charge < -0.3 is 5.73 Å². The zero-order valence-electron chi connectivity index (χ0n) is 7.10. The predicted molar refractivity (Wildman–Crippen MR) is 37.9 cm³/mol. The minimum absolute atomic E-state index is 0.208. The molecule has 0 fully saturated rings. The second-order valence-corrected chi connectivity index (χ2v) is 2.68. The molecule has 0 aliphatic carbocycles. The fraction of sp³-hybridized carbons (Fsp3) is 0.500. The largest absolute Gasteiger partial charge is 0.477 e. The summed E-state index contributed by atoms with van der Waals surface area (Å²) in [5, 5.41) is -0.0392. The first-order valence-corrected chi connectivity index (χ1v) is 3.51. The van der Waals surface area contributed by atoms with Gasteiger partial charge in [0.2, 0.25) is 5.95 Å². The molecule has 1 amide bonds. The van der Waals surface area contributed by atoms with E-state index in [0.717, 1.165) is 7.05 Å². The van der Waals surface area contributed by atoms with E-state index in [9.17, 15) is 22.4 Å². The van der Waals surface area contributed by atoms with Crippen molar-refractivity contribution in [2.24, 2.45) is 5.73 Å². The standard InChI is InChI=1S/C6H7F4N3O/c1-12-4(7)3(5(11)14)2-13(12)6(8,9)10/h2H2,1H3,(H2,11,14). The summed E-state index contributed by atoms with van der Waals surface area (Å²) in [6.07, 6.45) is -4.73. The Labute approximate surface area is 76.5 Å². The van der Waals surface area contributed by atoms with Crippen LogP contribution in [0.2, 0.25) is 0 Å². The molecule has 80 valence electrons. The van der Waals surface area contributed by atoms with Gasteiger partial charge in [-0.05, 0) is 0 Å². The van der Waals surface area contributed by atoms with Crippen molar-refractivity contribution in [2.45, 2.75) is 6.30 Å². The Balaban J connectivity index is 2.93. The number of hydrazine groups is 1. The normalized spacial score (nSPS) is 19.4. The number of nitrogens with zero attached hydrogens (tertiary/aromatic N) is 2. The maximum absolute atomic E-state index is 13.0. The van der Waals surface area contributed by atoms with Crippen LogP contribution in [0.25, 0.3) is 0 Å². The lowest BCUT2D eigenvalue weighted by atomic mass is 10.3. The fourth-order valence-corrected chi connectivity index (χ4v) is 1.06. The highest BCUT2D eigenvalue weighted by Gasteiger charge is 2.46. The molecule has 0 unspecified atom stereocenters. The molecule has 1 rings (SSSR count). The lowest BCUT2D eigenvalue weighted by Crippen LogP contribution is -2.44. The van der Waals surface area contributed by atoms with Crippen molar-refractivity contribution < 1.29 is 22.4 Å². The van der Waals surface area contributed by atoms with Crippen LogP contribution in [0.4, 0.5) is 17.6 Å². The number of halogens is 4. The van der Waals surface area contributed by atoms with Gasteiger partial charge in [0.05, 0.1) is 12.1 Å². The van der Waals surface area contributed by atoms with Gasteiger partial charge in [-0.15, -0.1) is 5.01 Å². The smallest absolute Gasteiger partial charge is 0.366 e. The molecule has 4 nitrogen and oxygen atoms in total. The first-order chi connectivity index (χ1) is 6.25. The molecular weight excluding hydrogens is 206 g/mol. The summed E-state index contributed by atoms with van der Waals surface area (Å²) in [7, 11) is 0.860. The summed E-state index contributed by atoms with van der Waals surface area (Å²) < 4.78 is 49.5. The molecule has 0 aromatic carbocycles. The molecule has 0 saturated carbocycles. The van der Waals surface area contributed by atoms with Crippen LogP contribution < -0.4 is 5.73 Å². The maximum atomic E-state index is 13.0. The monoisotopic (exact) mass is 213 g/mol. The van der Waals surface area contributed by atoms with Crippen LogP contribution in [-0.2, 0) is 4.79 Å². The van der Waals surface area contributed by atoms with Crippen molar-refractivity contribution >= 4 is 5.91 Å². The number of alkyl halides is 3. The molecule has 0 aromatic rings. The molecule has 1 heterocycles. The Morgan fingerprint density at radius 1 is 1.50 bits per heavy atom. The van der Waals surface area contributed by atoms with Gasteiger partial charge in [0, 0.05) is 7.05 Å². The van der Waals surface area contributed by atoms with Crippen molar-refractivity contribution in [3.8, 4) is 0 Å². The zero-order chi connectivity index (χ0) is 11.1. The van der Waals surface area contributed by atoms with E-state index in [0.29, 0.717) is 0 Å². The lowest BCUT2D eigenvalue weighted by Gasteiger charge is -2.26. The van der Waals surface area contributed by atoms with Crippen molar-refractivity contribution in [1.29, 1.82) is 0 Å². The summed E-state index contributed by atoms with van der Waals surface area (Å²) >= 11 is 0. The minimum Gasteiger partial charge on any atom is -0.366 e. The van der Waals surface area contributed by atoms with Crippen LogP contribution in [0.5, 0.6) is 0 Å². The molecule has 0 atom stereocenters. The quantitative estimate of drug-likeness (QED) is 0.504. The second kappa shape index (κ2) is 3.12. The average Bonchev–Trinajstić information content (AvgIpc) is 2.28. The molecule has 0 saturated heterocycles. The number of amides is 1. The van der Waals surface area contributed by atoms with Crippen molar-refractivity contribution in [2.75, 3.05) is 13.6 Å². The van der Waals surface area contributed by atoms with Gasteiger partial charge in [0.1, 0.15) is 0 Å². The van der Waals surface area contributed by atoms with Crippen LogP contribution >= 0.6 is 0 Å². The highest BCUT2D eigenvalue weighted by molar-refractivity contribution is 5.93. The molecular formula is C6H7F4N3O. The number of hydrogen-bond acceptors (Lipinski definition) is 3. The highest BCUT2D eigenvalue weighted by Crippen LogP contribution is 2.32. The van der Waals surface area contributed by atoms with E-state index in [-0.39, 0.29) is 10.0 Å². The third-order valence-corrected chi connectivity index (χ3v) is 1.79. The van der Waals surface area contributed by atoms with Crippen LogP contribution in [0.1, 0.15) is 0 Å². The Morgan fingerprint density at radius 3 is 2.21 bits per heavy atom. The first kappa shape index (κ1) is 10.8. The van der Waals surface area contributed by atoms with Gasteiger partial charge in [-0.25, -0.2) is 0 Å². The fourth-order valence-electron chi connectivity index (χ4n) is 1.06. The number of carbonyl (C=O) groups excluding carboxylic acids is 1. The van der Waals surface area contributed by atoms with Gasteiger partial charge in [0.25, 0.3) is 5.91 Å². The number of primary amides is 1. The number of rotatable bonds is 1. The Kier molecular flexibility index (Phi) is 2.40. The number of hydrogen-bond donors (Lipinski definition) is 1. The van der Waals surface area contributed by atoms with E-state index in [1.54, 1.807) is 0 Å². The third-order valence-electron chi connectivity index (χ3n) is 1.79. The molecule has 2 N–H and O–H groups in total. The van der Waals surface area contributed by atoms with E-state index < -0.39 is 30.3 Å².